The van der Waals surface area contributed by atoms with Gasteiger partial charge in [0.1, 0.15) is 0 Å². The van der Waals surface area contributed by atoms with Gasteiger partial charge in [-0.25, -0.2) is 0 Å². The minimum Gasteiger partial charge on any atom is -0.355 e. The van der Waals surface area contributed by atoms with E-state index in [0.717, 1.165) is 45.1 Å². The van der Waals surface area contributed by atoms with Gasteiger partial charge in [0.2, 0.25) is 0 Å². The number of nitrogens with zero attached hydrogens (tertiary/aromatic N) is 3. The molecule has 2 heterocycles. The number of halogens is 1. The molecule has 0 aliphatic carbocycles. The normalized spacial score (nSPS) is 19.7. The van der Waals surface area contributed by atoms with E-state index >= 15 is 0 Å². The van der Waals surface area contributed by atoms with E-state index in [1.165, 1.54) is 43.5 Å². The summed E-state index contributed by atoms with van der Waals surface area (Å²) < 4.78 is 0. The summed E-state index contributed by atoms with van der Waals surface area (Å²) in [5.41, 5.74) is 2.99. The van der Waals surface area contributed by atoms with Gasteiger partial charge in [-0.15, -0.1) is 24.0 Å². The third kappa shape index (κ3) is 6.91. The van der Waals surface area contributed by atoms with Crippen LogP contribution in [0.15, 0.2) is 29.3 Å². The number of benzene rings is 1. The second-order valence-corrected chi connectivity index (χ2v) is 7.62. The molecule has 5 nitrogen and oxygen atoms in total. The van der Waals surface area contributed by atoms with Crippen molar-refractivity contribution < 1.29 is 0 Å². The zero-order valence-corrected chi connectivity index (χ0v) is 19.2. The van der Waals surface area contributed by atoms with E-state index in [1.807, 2.05) is 7.05 Å². The Morgan fingerprint density at radius 3 is 2.56 bits per heavy atom. The predicted octanol–water partition coefficient (Wildman–Crippen LogP) is 2.70. The molecule has 0 saturated carbocycles. The van der Waals surface area contributed by atoms with Crippen molar-refractivity contribution in [3.05, 3.63) is 35.4 Å². The van der Waals surface area contributed by atoms with Gasteiger partial charge in [0.25, 0.3) is 0 Å². The van der Waals surface area contributed by atoms with Crippen LogP contribution in [0.25, 0.3) is 0 Å². The van der Waals surface area contributed by atoms with Gasteiger partial charge in [-0.3, -0.25) is 9.89 Å². The molecule has 2 aliphatic heterocycles. The highest BCUT2D eigenvalue weighted by molar-refractivity contribution is 14.0. The van der Waals surface area contributed by atoms with Crippen LogP contribution in [0.5, 0.6) is 0 Å². The molecule has 1 saturated heterocycles. The Hall–Kier alpha value is -0.860. The Bertz CT molecular complexity index is 586. The maximum atomic E-state index is 4.38. The van der Waals surface area contributed by atoms with Gasteiger partial charge >= 0.3 is 0 Å². The fraction of sp³-hybridized carbons (Fsp3) is 0.667. The van der Waals surface area contributed by atoms with E-state index in [0.29, 0.717) is 6.04 Å². The van der Waals surface area contributed by atoms with Crippen molar-refractivity contribution in [2.45, 2.75) is 45.2 Å². The van der Waals surface area contributed by atoms with Gasteiger partial charge < -0.3 is 15.5 Å². The first kappa shape index (κ1) is 22.4. The molecule has 0 spiro atoms. The number of hydrogen-bond donors (Lipinski definition) is 2. The lowest BCUT2D eigenvalue weighted by atomic mass is 9.99. The lowest BCUT2D eigenvalue weighted by Gasteiger charge is -2.34. The summed E-state index contributed by atoms with van der Waals surface area (Å²) in [6, 6.07) is 9.33. The lowest BCUT2D eigenvalue weighted by Crippen LogP contribution is -2.48. The average molecular weight is 485 g/mol. The van der Waals surface area contributed by atoms with E-state index in [2.05, 4.69) is 56.6 Å². The fourth-order valence-corrected chi connectivity index (χ4v) is 4.00. The summed E-state index contributed by atoms with van der Waals surface area (Å²) >= 11 is 0. The van der Waals surface area contributed by atoms with Crippen LogP contribution in [0, 0.1) is 0 Å². The zero-order valence-electron chi connectivity index (χ0n) is 16.9. The number of fused-ring (bicyclic) bond motifs is 1. The SMILES string of the molecule is CN=C(NCCN1CCCCC1)NCC(C)N1CCc2ccccc2C1.I. The third-order valence-corrected chi connectivity index (χ3v) is 5.74. The summed E-state index contributed by atoms with van der Waals surface area (Å²) in [5, 5.41) is 6.98. The van der Waals surface area contributed by atoms with E-state index in [9.17, 15) is 0 Å². The Balaban J connectivity index is 0.00000261. The molecular weight excluding hydrogens is 449 g/mol. The molecule has 2 aliphatic rings. The molecule has 6 heteroatoms. The summed E-state index contributed by atoms with van der Waals surface area (Å²) in [4.78, 5) is 9.50. The number of nitrogens with one attached hydrogen (secondary N) is 2. The Kier molecular flexibility index (Phi) is 9.86. The monoisotopic (exact) mass is 485 g/mol. The maximum absolute atomic E-state index is 4.38. The topological polar surface area (TPSA) is 42.9 Å². The first-order chi connectivity index (χ1) is 12.8. The van der Waals surface area contributed by atoms with Crippen LogP contribution in [-0.2, 0) is 13.0 Å². The molecule has 1 fully saturated rings. The second kappa shape index (κ2) is 11.9. The van der Waals surface area contributed by atoms with Crippen molar-refractivity contribution in [1.29, 1.82) is 0 Å². The standard InChI is InChI=1S/C21H35N5.HI/c1-18(26-14-10-19-8-4-5-9-20(19)17-26)16-24-21(22-2)23-11-15-25-12-6-3-7-13-25;/h4-5,8-9,18H,3,6-7,10-17H2,1-2H3,(H2,22,23,24);1H. The molecule has 0 amide bonds. The summed E-state index contributed by atoms with van der Waals surface area (Å²) in [7, 11) is 1.86. The van der Waals surface area contributed by atoms with Gasteiger partial charge in [-0.2, -0.15) is 0 Å². The molecule has 1 unspecified atom stereocenters. The molecule has 1 aromatic rings. The van der Waals surface area contributed by atoms with Crippen LogP contribution in [0.3, 0.4) is 0 Å². The lowest BCUT2D eigenvalue weighted by molar-refractivity contribution is 0.191. The number of likely N-dealkylation sites (tertiary alicyclic amines) is 1. The zero-order chi connectivity index (χ0) is 18.2. The highest BCUT2D eigenvalue weighted by Crippen LogP contribution is 2.19. The molecular formula is C21H36IN5. The fourth-order valence-electron chi connectivity index (χ4n) is 4.00. The smallest absolute Gasteiger partial charge is 0.191 e. The van der Waals surface area contributed by atoms with Crippen LogP contribution in [0.2, 0.25) is 0 Å². The van der Waals surface area contributed by atoms with Crippen molar-refractivity contribution in [3.63, 3.8) is 0 Å². The van der Waals surface area contributed by atoms with Gasteiger partial charge in [0.15, 0.2) is 5.96 Å². The largest absolute Gasteiger partial charge is 0.355 e. The van der Waals surface area contributed by atoms with Crippen LogP contribution in [-0.4, -0.2) is 68.1 Å². The Morgan fingerprint density at radius 1 is 1.07 bits per heavy atom. The second-order valence-electron chi connectivity index (χ2n) is 7.62. The van der Waals surface area contributed by atoms with Gasteiger partial charge in [-0.05, 0) is 50.4 Å². The van der Waals surface area contributed by atoms with Crippen LogP contribution in [0.4, 0.5) is 0 Å². The number of piperidine rings is 1. The van der Waals surface area contributed by atoms with E-state index < -0.39 is 0 Å². The van der Waals surface area contributed by atoms with Crippen molar-refractivity contribution in [2.24, 2.45) is 4.99 Å². The minimum atomic E-state index is 0. The van der Waals surface area contributed by atoms with Crippen molar-refractivity contribution in [1.82, 2.24) is 20.4 Å². The first-order valence-electron chi connectivity index (χ1n) is 10.2. The van der Waals surface area contributed by atoms with Gasteiger partial charge in [0.05, 0.1) is 0 Å². The number of hydrogen-bond acceptors (Lipinski definition) is 3. The van der Waals surface area contributed by atoms with Crippen molar-refractivity contribution >= 4 is 29.9 Å². The first-order valence-corrected chi connectivity index (χ1v) is 10.2. The van der Waals surface area contributed by atoms with Crippen LogP contribution in [0.1, 0.15) is 37.3 Å². The Morgan fingerprint density at radius 2 is 1.81 bits per heavy atom. The molecule has 0 radical (unpaired) electrons. The molecule has 1 aromatic carbocycles. The quantitative estimate of drug-likeness (QED) is 0.370. The van der Waals surface area contributed by atoms with Gasteiger partial charge in [0, 0.05) is 45.8 Å². The highest BCUT2D eigenvalue weighted by Gasteiger charge is 2.20. The number of rotatable bonds is 6. The van der Waals surface area contributed by atoms with Crippen molar-refractivity contribution in [3.8, 4) is 0 Å². The summed E-state index contributed by atoms with van der Waals surface area (Å²) in [6.07, 6.45) is 5.25. The average Bonchev–Trinajstić information content (AvgIpc) is 2.70. The molecule has 1 atom stereocenters. The molecule has 152 valence electrons. The molecule has 2 N–H and O–H groups in total. The third-order valence-electron chi connectivity index (χ3n) is 5.74. The van der Waals surface area contributed by atoms with Crippen molar-refractivity contribution in [2.75, 3.05) is 46.3 Å². The summed E-state index contributed by atoms with van der Waals surface area (Å²) in [5.74, 6) is 0.922. The summed E-state index contributed by atoms with van der Waals surface area (Å²) in [6.45, 7) is 10.0. The van der Waals surface area contributed by atoms with Gasteiger partial charge in [-0.1, -0.05) is 30.7 Å². The van der Waals surface area contributed by atoms with Crippen LogP contribution >= 0.6 is 24.0 Å². The predicted molar refractivity (Wildman–Crippen MR) is 125 cm³/mol. The van der Waals surface area contributed by atoms with E-state index in [4.69, 9.17) is 0 Å². The molecule has 0 aromatic heterocycles. The highest BCUT2D eigenvalue weighted by atomic mass is 127. The molecule has 3 rings (SSSR count). The van der Waals surface area contributed by atoms with E-state index in [1.54, 1.807) is 0 Å². The minimum absolute atomic E-state index is 0. The van der Waals surface area contributed by atoms with Crippen LogP contribution < -0.4 is 10.6 Å². The number of aliphatic imine (C=N–C) groups is 1. The Labute approximate surface area is 182 Å². The van der Waals surface area contributed by atoms with E-state index in [-0.39, 0.29) is 24.0 Å². The number of guanidine groups is 1. The molecule has 27 heavy (non-hydrogen) atoms. The molecule has 0 bridgehead atoms. The maximum Gasteiger partial charge on any atom is 0.191 e.